The van der Waals surface area contributed by atoms with Gasteiger partial charge >= 0.3 is 5.97 Å². The Kier molecular flexibility index (Phi) is 3.55. The SMILES string of the molecule is CC1CC(=O)N(Cc2ncn(C)n2)C(C)C1C(=O)O. The third kappa shape index (κ3) is 2.59. The minimum Gasteiger partial charge on any atom is -0.481 e. The van der Waals surface area contributed by atoms with Crippen LogP contribution in [0.1, 0.15) is 26.1 Å². The van der Waals surface area contributed by atoms with Crippen molar-refractivity contribution >= 4 is 11.9 Å². The van der Waals surface area contributed by atoms with Crippen molar-refractivity contribution in [1.29, 1.82) is 0 Å². The molecule has 0 spiro atoms. The van der Waals surface area contributed by atoms with E-state index in [4.69, 9.17) is 0 Å². The maximum absolute atomic E-state index is 12.1. The zero-order valence-corrected chi connectivity index (χ0v) is 11.3. The minimum absolute atomic E-state index is 0.0371. The van der Waals surface area contributed by atoms with Crippen LogP contribution in [0.25, 0.3) is 0 Å². The molecule has 1 fully saturated rings. The predicted molar refractivity (Wildman–Crippen MR) is 65.9 cm³/mol. The van der Waals surface area contributed by atoms with Gasteiger partial charge in [-0.3, -0.25) is 14.3 Å². The molecule has 0 aliphatic carbocycles. The van der Waals surface area contributed by atoms with Crippen molar-refractivity contribution in [3.63, 3.8) is 0 Å². The number of aliphatic carboxylic acids is 1. The fourth-order valence-electron chi connectivity index (χ4n) is 2.71. The van der Waals surface area contributed by atoms with E-state index in [1.165, 1.54) is 0 Å². The van der Waals surface area contributed by atoms with E-state index in [2.05, 4.69) is 10.1 Å². The number of carbonyl (C=O) groups is 2. The van der Waals surface area contributed by atoms with E-state index in [9.17, 15) is 14.7 Å². The van der Waals surface area contributed by atoms with E-state index >= 15 is 0 Å². The molecule has 1 aliphatic rings. The average Bonchev–Trinajstić information content (AvgIpc) is 2.69. The molecule has 1 aromatic rings. The highest BCUT2D eigenvalue weighted by Gasteiger charge is 2.41. The summed E-state index contributed by atoms with van der Waals surface area (Å²) in [5.74, 6) is -1.05. The lowest BCUT2D eigenvalue weighted by atomic mass is 9.81. The number of amides is 1. The summed E-state index contributed by atoms with van der Waals surface area (Å²) in [6, 6.07) is -0.349. The highest BCUT2D eigenvalue weighted by atomic mass is 16.4. The predicted octanol–water partition coefficient (Wildman–Crippen LogP) is 0.273. The van der Waals surface area contributed by atoms with Gasteiger partial charge in [0.15, 0.2) is 5.82 Å². The summed E-state index contributed by atoms with van der Waals surface area (Å²) >= 11 is 0. The molecule has 2 rings (SSSR count). The summed E-state index contributed by atoms with van der Waals surface area (Å²) in [5.41, 5.74) is 0. The van der Waals surface area contributed by atoms with Gasteiger partial charge in [0.05, 0.1) is 12.5 Å². The molecule has 3 unspecified atom stereocenters. The van der Waals surface area contributed by atoms with Crippen LogP contribution in [0, 0.1) is 11.8 Å². The van der Waals surface area contributed by atoms with Crippen LogP contribution in [0.3, 0.4) is 0 Å². The summed E-state index contributed by atoms with van der Waals surface area (Å²) in [7, 11) is 1.75. The maximum atomic E-state index is 12.1. The molecule has 0 bridgehead atoms. The lowest BCUT2D eigenvalue weighted by Gasteiger charge is -2.40. The number of hydrogen-bond acceptors (Lipinski definition) is 4. The van der Waals surface area contributed by atoms with Crippen molar-refractivity contribution in [3.05, 3.63) is 12.2 Å². The molecule has 19 heavy (non-hydrogen) atoms. The van der Waals surface area contributed by atoms with E-state index in [-0.39, 0.29) is 30.8 Å². The minimum atomic E-state index is -0.855. The normalized spacial score (nSPS) is 27.6. The number of carboxylic acid groups (broad SMARTS) is 1. The Bertz CT molecular complexity index is 499. The number of hydrogen-bond donors (Lipinski definition) is 1. The number of rotatable bonds is 3. The number of aromatic nitrogens is 3. The molecule has 104 valence electrons. The fourth-order valence-corrected chi connectivity index (χ4v) is 2.71. The van der Waals surface area contributed by atoms with Gasteiger partial charge in [0.25, 0.3) is 0 Å². The third-order valence-electron chi connectivity index (χ3n) is 3.69. The average molecular weight is 266 g/mol. The second kappa shape index (κ2) is 4.99. The van der Waals surface area contributed by atoms with Crippen LogP contribution in [-0.2, 0) is 23.2 Å². The molecule has 1 amide bonds. The largest absolute Gasteiger partial charge is 0.481 e. The topological polar surface area (TPSA) is 88.3 Å². The molecule has 3 atom stereocenters. The molecule has 7 heteroatoms. The summed E-state index contributed by atoms with van der Waals surface area (Å²) < 4.78 is 1.56. The van der Waals surface area contributed by atoms with Crippen LogP contribution >= 0.6 is 0 Å². The Hall–Kier alpha value is -1.92. The van der Waals surface area contributed by atoms with Crippen molar-refractivity contribution < 1.29 is 14.7 Å². The van der Waals surface area contributed by atoms with Gasteiger partial charge < -0.3 is 10.0 Å². The van der Waals surface area contributed by atoms with Gasteiger partial charge in [-0.05, 0) is 12.8 Å². The van der Waals surface area contributed by atoms with Crippen molar-refractivity contribution in [2.75, 3.05) is 0 Å². The first-order valence-electron chi connectivity index (χ1n) is 6.27. The van der Waals surface area contributed by atoms with Gasteiger partial charge in [0, 0.05) is 19.5 Å². The Labute approximate surface area is 111 Å². The molecule has 2 heterocycles. The van der Waals surface area contributed by atoms with Gasteiger partial charge in [0.2, 0.25) is 5.91 Å². The number of carbonyl (C=O) groups excluding carboxylic acids is 1. The van der Waals surface area contributed by atoms with Crippen LogP contribution < -0.4 is 0 Å². The first kappa shape index (κ1) is 13.5. The molecular formula is C12H18N4O3. The summed E-state index contributed by atoms with van der Waals surface area (Å²) in [6.45, 7) is 3.84. The standard InChI is InChI=1S/C12H18N4O3/c1-7-4-10(17)16(8(2)11(7)12(18)19)5-9-13-6-15(3)14-9/h6-8,11H,4-5H2,1-3H3,(H,18,19). The van der Waals surface area contributed by atoms with Gasteiger partial charge in [-0.2, -0.15) is 5.10 Å². The number of nitrogens with zero attached hydrogens (tertiary/aromatic N) is 4. The highest BCUT2D eigenvalue weighted by molar-refractivity contribution is 5.81. The lowest BCUT2D eigenvalue weighted by Crippen LogP contribution is -2.52. The Morgan fingerprint density at radius 1 is 1.53 bits per heavy atom. The molecule has 1 N–H and O–H groups in total. The quantitative estimate of drug-likeness (QED) is 0.848. The second-order valence-electron chi connectivity index (χ2n) is 5.14. The Balaban J connectivity index is 2.18. The summed E-state index contributed by atoms with van der Waals surface area (Å²) in [4.78, 5) is 29.0. The molecule has 0 aromatic carbocycles. The van der Waals surface area contributed by atoms with Gasteiger partial charge in [-0.25, -0.2) is 4.98 Å². The number of aryl methyl sites for hydroxylation is 1. The van der Waals surface area contributed by atoms with E-state index in [1.54, 1.807) is 29.9 Å². The Morgan fingerprint density at radius 3 is 2.74 bits per heavy atom. The molecule has 0 radical (unpaired) electrons. The summed E-state index contributed by atoms with van der Waals surface area (Å²) in [6.07, 6.45) is 1.82. The van der Waals surface area contributed by atoms with Crippen LogP contribution in [0.5, 0.6) is 0 Å². The van der Waals surface area contributed by atoms with E-state index < -0.39 is 11.9 Å². The van der Waals surface area contributed by atoms with Crippen LogP contribution in [0.4, 0.5) is 0 Å². The monoisotopic (exact) mass is 266 g/mol. The van der Waals surface area contributed by atoms with Crippen LogP contribution in [0.15, 0.2) is 6.33 Å². The summed E-state index contributed by atoms with van der Waals surface area (Å²) in [5, 5.41) is 13.4. The molecule has 1 aromatic heterocycles. The second-order valence-corrected chi connectivity index (χ2v) is 5.14. The van der Waals surface area contributed by atoms with E-state index in [1.807, 2.05) is 6.92 Å². The first-order chi connectivity index (χ1) is 8.90. The van der Waals surface area contributed by atoms with Crippen LogP contribution in [0.2, 0.25) is 0 Å². The van der Waals surface area contributed by atoms with Gasteiger partial charge in [-0.15, -0.1) is 0 Å². The zero-order chi connectivity index (χ0) is 14.2. The van der Waals surface area contributed by atoms with Crippen molar-refractivity contribution in [3.8, 4) is 0 Å². The highest BCUT2D eigenvalue weighted by Crippen LogP contribution is 2.30. The van der Waals surface area contributed by atoms with E-state index in [0.29, 0.717) is 5.82 Å². The van der Waals surface area contributed by atoms with Crippen molar-refractivity contribution in [2.24, 2.45) is 18.9 Å². The molecule has 1 saturated heterocycles. The van der Waals surface area contributed by atoms with Gasteiger partial charge in [-0.1, -0.05) is 6.92 Å². The van der Waals surface area contributed by atoms with Crippen molar-refractivity contribution in [1.82, 2.24) is 19.7 Å². The number of likely N-dealkylation sites (tertiary alicyclic amines) is 1. The zero-order valence-electron chi connectivity index (χ0n) is 11.3. The molecule has 0 saturated carbocycles. The third-order valence-corrected chi connectivity index (χ3v) is 3.69. The Morgan fingerprint density at radius 2 is 2.21 bits per heavy atom. The van der Waals surface area contributed by atoms with E-state index in [0.717, 1.165) is 0 Å². The number of carboxylic acids is 1. The number of piperidine rings is 1. The van der Waals surface area contributed by atoms with Gasteiger partial charge in [0.1, 0.15) is 6.33 Å². The molecule has 1 aliphatic heterocycles. The lowest BCUT2D eigenvalue weighted by molar-refractivity contribution is -0.155. The molecule has 7 nitrogen and oxygen atoms in total. The van der Waals surface area contributed by atoms with Crippen LogP contribution in [-0.4, -0.2) is 42.7 Å². The fraction of sp³-hybridized carbons (Fsp3) is 0.667. The first-order valence-corrected chi connectivity index (χ1v) is 6.27. The smallest absolute Gasteiger partial charge is 0.308 e. The van der Waals surface area contributed by atoms with Crippen molar-refractivity contribution in [2.45, 2.75) is 32.9 Å². The molecular weight excluding hydrogens is 248 g/mol. The maximum Gasteiger partial charge on any atom is 0.308 e.